The largest absolute Gasteiger partial charge is 0.313 e. The van der Waals surface area contributed by atoms with E-state index in [4.69, 9.17) is 5.41 Å². The molecule has 0 bridgehead atoms. The van der Waals surface area contributed by atoms with Gasteiger partial charge in [0.1, 0.15) is 0 Å². The van der Waals surface area contributed by atoms with E-state index in [0.29, 0.717) is 0 Å². The zero-order chi connectivity index (χ0) is 5.54. The molecule has 2 heteroatoms. The van der Waals surface area contributed by atoms with Crippen molar-refractivity contribution in [3.8, 4) is 0 Å². The van der Waals surface area contributed by atoms with E-state index in [1.165, 1.54) is 17.1 Å². The third-order valence-corrected chi connectivity index (χ3v) is 2.14. The molecule has 0 amide bonds. The number of rotatable bonds is 4. The van der Waals surface area contributed by atoms with Gasteiger partial charge in [0.2, 0.25) is 0 Å². The summed E-state index contributed by atoms with van der Waals surface area (Å²) in [6, 6.07) is 0. The minimum absolute atomic E-state index is 0.242. The Morgan fingerprint density at radius 1 is 1.71 bits per heavy atom. The van der Waals surface area contributed by atoms with Gasteiger partial charge in [-0.15, -0.1) is 20.7 Å². The van der Waals surface area contributed by atoms with E-state index >= 15 is 0 Å². The molecule has 0 unspecified atom stereocenters. The van der Waals surface area contributed by atoms with Crippen LogP contribution in [0.2, 0.25) is 0 Å². The van der Waals surface area contributed by atoms with Gasteiger partial charge in [0.15, 0.2) is 0 Å². The number of hydrogen-bond acceptors (Lipinski definition) is 1. The molecule has 0 saturated carbocycles. The second-order valence-corrected chi connectivity index (χ2v) is 3.38. The summed E-state index contributed by atoms with van der Waals surface area (Å²) in [5.41, 5.74) is 0. The fourth-order valence-corrected chi connectivity index (χ4v) is 1.25. The molecule has 7 heavy (non-hydrogen) atoms. The molecule has 0 saturated heterocycles. The molecule has 0 aromatic rings. The van der Waals surface area contributed by atoms with Crippen molar-refractivity contribution >= 4 is 31.5 Å². The lowest BCUT2D eigenvalue weighted by molar-refractivity contribution is 1.04. The Kier molecular flexibility index (Phi) is 6.51. The molecule has 0 fully saturated rings. The van der Waals surface area contributed by atoms with Crippen molar-refractivity contribution in [2.45, 2.75) is 12.8 Å². The summed E-state index contributed by atoms with van der Waals surface area (Å²) in [7, 11) is 0. The van der Waals surface area contributed by atoms with E-state index < -0.39 is 0 Å². The highest BCUT2D eigenvalue weighted by Gasteiger charge is 1.75. The zero-order valence-electron chi connectivity index (χ0n) is 4.28. The average Bonchev–Trinajstić information content (AvgIpc) is 1.69. The highest BCUT2D eigenvalue weighted by atomic mass is 127. The van der Waals surface area contributed by atoms with Crippen molar-refractivity contribution in [1.29, 1.82) is 5.41 Å². The fraction of sp³-hybridized carbons (Fsp3) is 0.600. The molecule has 0 aliphatic heterocycles. The molecule has 42 valence electrons. The highest BCUT2D eigenvalue weighted by molar-refractivity contribution is 14.2. The molecule has 0 radical (unpaired) electrons. The van der Waals surface area contributed by atoms with Crippen LogP contribution in [0.4, 0.5) is 0 Å². The molecule has 1 N–H and O–H groups in total. The Morgan fingerprint density at radius 3 is 2.86 bits per heavy atom. The lowest BCUT2D eigenvalue weighted by Crippen LogP contribution is -1.74. The van der Waals surface area contributed by atoms with Crippen molar-refractivity contribution < 1.29 is 0 Å². The molecule has 0 aromatic heterocycles. The van der Waals surface area contributed by atoms with Gasteiger partial charge in [0.25, 0.3) is 0 Å². The minimum atomic E-state index is 0.242. The Labute approximate surface area is 54.4 Å². The zero-order valence-corrected chi connectivity index (χ0v) is 6.44. The van der Waals surface area contributed by atoms with Crippen LogP contribution in [0.5, 0.6) is 0 Å². The number of unbranched alkanes of at least 4 members (excludes halogenated alkanes) is 1. The molecule has 0 spiro atoms. The van der Waals surface area contributed by atoms with E-state index in [1.54, 1.807) is 0 Å². The van der Waals surface area contributed by atoms with Crippen molar-refractivity contribution in [1.82, 2.24) is 0 Å². The molecule has 0 aliphatic carbocycles. The molecule has 1 nitrogen and oxygen atoms in total. The van der Waals surface area contributed by atoms with Crippen LogP contribution in [0, 0.1) is 5.41 Å². The average molecular weight is 211 g/mol. The lowest BCUT2D eigenvalue weighted by atomic mass is 10.4. The van der Waals surface area contributed by atoms with Crippen LogP contribution >= 0.6 is 20.7 Å². The number of alkyl halides is 1. The Morgan fingerprint density at radius 2 is 2.43 bits per heavy atom. The van der Waals surface area contributed by atoms with E-state index in [1.807, 2.05) is 0 Å². The number of halogens is 1. The van der Waals surface area contributed by atoms with E-state index in [0.717, 1.165) is 6.42 Å². The first-order chi connectivity index (χ1) is 3.41. The van der Waals surface area contributed by atoms with Crippen LogP contribution in [-0.4, -0.2) is 15.2 Å². The Bertz CT molecular complexity index is 53.1. The van der Waals surface area contributed by atoms with Crippen molar-refractivity contribution in [2.24, 2.45) is 0 Å². The molecule has 0 aromatic carbocycles. The first kappa shape index (κ1) is 7.27. The van der Waals surface area contributed by atoms with Crippen LogP contribution < -0.4 is 0 Å². The third-order valence-electron chi connectivity index (χ3n) is 0.616. The van der Waals surface area contributed by atoms with Gasteiger partial charge >= 0.3 is 0 Å². The molecule has 0 rings (SSSR count). The van der Waals surface area contributed by atoms with Gasteiger partial charge < -0.3 is 5.41 Å². The second kappa shape index (κ2) is 6.27. The summed E-state index contributed by atoms with van der Waals surface area (Å²) >= 11 is 0.242. The van der Waals surface area contributed by atoms with Gasteiger partial charge in [0, 0.05) is 0 Å². The van der Waals surface area contributed by atoms with Gasteiger partial charge in [-0.2, -0.15) is 0 Å². The molecular formula is C5H10IN. The first-order valence-electron chi connectivity index (χ1n) is 2.23. The van der Waals surface area contributed by atoms with Crippen LogP contribution in [0.25, 0.3) is 0 Å². The van der Waals surface area contributed by atoms with Crippen molar-refractivity contribution in [3.63, 3.8) is 0 Å². The molecule has 0 aliphatic rings. The van der Waals surface area contributed by atoms with Gasteiger partial charge in [-0.1, -0.05) is 4.51 Å². The molecular weight excluding hydrogens is 201 g/mol. The maximum absolute atomic E-state index is 6.65. The Balaban J connectivity index is 2.68. The number of hydrogen-bond donors (Lipinski definition) is 1. The maximum Gasteiger partial charge on any atom is -0.00475 e. The normalized spacial score (nSPS) is 8.57. The van der Waals surface area contributed by atoms with E-state index in [9.17, 15) is 0 Å². The van der Waals surface area contributed by atoms with Crippen LogP contribution in [-0.2, 0) is 0 Å². The lowest BCUT2D eigenvalue weighted by Gasteiger charge is -1.82. The topological polar surface area (TPSA) is 23.9 Å². The van der Waals surface area contributed by atoms with Crippen molar-refractivity contribution in [3.05, 3.63) is 0 Å². The number of nitrogens with one attached hydrogen (secondary N) is 1. The monoisotopic (exact) mass is 211 g/mol. The van der Waals surface area contributed by atoms with Crippen LogP contribution in [0.15, 0.2) is 0 Å². The predicted octanol–water partition coefficient (Wildman–Crippen LogP) is 1.82. The minimum Gasteiger partial charge on any atom is -0.313 e. The first-order valence-corrected chi connectivity index (χ1v) is 5.28. The van der Waals surface area contributed by atoms with Crippen LogP contribution in [0.1, 0.15) is 12.8 Å². The third kappa shape index (κ3) is 6.27. The Hall–Kier alpha value is 0.270. The predicted molar refractivity (Wildman–Crippen MR) is 44.0 cm³/mol. The smallest absolute Gasteiger partial charge is 0.00475 e. The summed E-state index contributed by atoms with van der Waals surface area (Å²) in [6.45, 7) is 0. The summed E-state index contributed by atoms with van der Waals surface area (Å²) in [5, 5.41) is 6.65. The van der Waals surface area contributed by atoms with Crippen LogP contribution in [0.3, 0.4) is 0 Å². The quantitative estimate of drug-likeness (QED) is 0.317. The fourth-order valence-electron chi connectivity index (χ4n) is 0.274. The summed E-state index contributed by atoms with van der Waals surface area (Å²) < 4.78 is 5.06. The molecule has 0 heterocycles. The van der Waals surface area contributed by atoms with Gasteiger partial charge in [-0.25, -0.2) is 0 Å². The van der Waals surface area contributed by atoms with Crippen molar-refractivity contribution in [2.75, 3.05) is 4.43 Å². The highest BCUT2D eigenvalue weighted by Crippen LogP contribution is 1.95. The summed E-state index contributed by atoms with van der Waals surface area (Å²) in [4.78, 5) is 0. The SMILES string of the molecule is C=ICCCC=N. The van der Waals surface area contributed by atoms with Gasteiger partial charge in [0.05, 0.1) is 0 Å². The summed E-state index contributed by atoms with van der Waals surface area (Å²) in [6.07, 6.45) is 3.61. The maximum atomic E-state index is 6.65. The van der Waals surface area contributed by atoms with E-state index in [2.05, 4.69) is 4.51 Å². The summed E-state index contributed by atoms with van der Waals surface area (Å²) in [5.74, 6) is 0. The van der Waals surface area contributed by atoms with Gasteiger partial charge in [-0.3, -0.25) is 0 Å². The standard InChI is InChI=1S/C5H10IN/c1-6-4-2-3-5-7/h5,7H,1-4H2. The van der Waals surface area contributed by atoms with Gasteiger partial charge in [-0.05, 0) is 23.5 Å². The second-order valence-electron chi connectivity index (χ2n) is 1.22. The van der Waals surface area contributed by atoms with E-state index in [-0.39, 0.29) is 20.7 Å². The molecule has 0 atom stereocenters.